The Morgan fingerprint density at radius 3 is 2.41 bits per heavy atom. The highest BCUT2D eigenvalue weighted by atomic mass is 16.5. The van der Waals surface area contributed by atoms with Crippen LogP contribution in [0.3, 0.4) is 0 Å². The molecule has 146 valence electrons. The van der Waals surface area contributed by atoms with Crippen molar-refractivity contribution < 1.29 is 14.2 Å². The van der Waals surface area contributed by atoms with E-state index < -0.39 is 0 Å². The first-order chi connectivity index (χ1) is 13.2. The molecule has 0 amide bonds. The smallest absolute Gasteiger partial charge is 0.122 e. The van der Waals surface area contributed by atoms with Gasteiger partial charge in [0, 0.05) is 12.1 Å². The third-order valence-electron chi connectivity index (χ3n) is 5.45. The van der Waals surface area contributed by atoms with Gasteiger partial charge in [-0.25, -0.2) is 0 Å². The van der Waals surface area contributed by atoms with Crippen LogP contribution in [0.15, 0.2) is 42.5 Å². The summed E-state index contributed by atoms with van der Waals surface area (Å²) in [6.45, 7) is 1.99. The Morgan fingerprint density at radius 1 is 1.00 bits per heavy atom. The van der Waals surface area contributed by atoms with E-state index in [-0.39, 0.29) is 0 Å². The molecule has 0 aliphatic carbocycles. The molecule has 0 bridgehead atoms. The highest BCUT2D eigenvalue weighted by Gasteiger charge is 2.20. The number of methoxy groups -OCH3 is 2. The normalized spacial score (nSPS) is 17.1. The molecule has 1 saturated heterocycles. The molecule has 1 atom stereocenters. The van der Waals surface area contributed by atoms with Gasteiger partial charge in [-0.05, 0) is 75.0 Å². The summed E-state index contributed by atoms with van der Waals surface area (Å²) in [7, 11) is 5.58. The summed E-state index contributed by atoms with van der Waals surface area (Å²) in [4.78, 5) is 2.45. The maximum atomic E-state index is 6.15. The van der Waals surface area contributed by atoms with Crippen LogP contribution >= 0.6 is 0 Å². The topological polar surface area (TPSA) is 30.9 Å². The molecule has 2 aromatic carbocycles. The number of aryl methyl sites for hydroxylation is 2. The zero-order valence-corrected chi connectivity index (χ0v) is 16.7. The maximum Gasteiger partial charge on any atom is 0.122 e. The van der Waals surface area contributed by atoms with Crippen molar-refractivity contribution in [3.05, 3.63) is 53.6 Å². The van der Waals surface area contributed by atoms with E-state index in [9.17, 15) is 0 Å². The Balaban J connectivity index is 1.59. The summed E-state index contributed by atoms with van der Waals surface area (Å²) in [6.07, 6.45) is 5.54. The van der Waals surface area contributed by atoms with Crippen molar-refractivity contribution in [2.45, 2.75) is 38.1 Å². The van der Waals surface area contributed by atoms with Crippen LogP contribution in [0.4, 0.5) is 0 Å². The van der Waals surface area contributed by atoms with Gasteiger partial charge >= 0.3 is 0 Å². The lowest BCUT2D eigenvalue weighted by molar-refractivity contribution is 0.232. The second-order valence-corrected chi connectivity index (χ2v) is 7.24. The van der Waals surface area contributed by atoms with Gasteiger partial charge in [0.25, 0.3) is 0 Å². The summed E-state index contributed by atoms with van der Waals surface area (Å²) in [5.41, 5.74) is 2.45. The monoisotopic (exact) mass is 369 g/mol. The lowest BCUT2D eigenvalue weighted by atomic mass is 10.0. The summed E-state index contributed by atoms with van der Waals surface area (Å²) >= 11 is 0. The number of para-hydroxylation sites is 1. The van der Waals surface area contributed by atoms with Crippen LogP contribution in [0.2, 0.25) is 0 Å². The predicted octanol–water partition coefficient (Wildman–Crippen LogP) is 4.35. The third-order valence-corrected chi connectivity index (χ3v) is 5.45. The quantitative estimate of drug-likeness (QED) is 0.657. The molecule has 0 spiro atoms. The number of hydrogen-bond acceptors (Lipinski definition) is 4. The lowest BCUT2D eigenvalue weighted by Crippen LogP contribution is -2.26. The fraction of sp³-hybridized carbons (Fsp3) is 0.478. The van der Waals surface area contributed by atoms with Gasteiger partial charge in [-0.15, -0.1) is 0 Å². The van der Waals surface area contributed by atoms with E-state index in [0.29, 0.717) is 6.04 Å². The summed E-state index contributed by atoms with van der Waals surface area (Å²) < 4.78 is 16.9. The van der Waals surface area contributed by atoms with Crippen molar-refractivity contribution >= 4 is 0 Å². The Bertz CT molecular complexity index is 709. The van der Waals surface area contributed by atoms with Crippen molar-refractivity contribution in [1.29, 1.82) is 0 Å². The van der Waals surface area contributed by atoms with E-state index >= 15 is 0 Å². The molecule has 27 heavy (non-hydrogen) atoms. The number of ether oxygens (including phenoxy) is 3. The van der Waals surface area contributed by atoms with E-state index in [1.807, 2.05) is 6.07 Å². The molecule has 2 aromatic rings. The Hall–Kier alpha value is -2.20. The van der Waals surface area contributed by atoms with Crippen molar-refractivity contribution in [2.75, 3.05) is 34.4 Å². The summed E-state index contributed by atoms with van der Waals surface area (Å²) in [5.74, 6) is 2.66. The first-order valence-electron chi connectivity index (χ1n) is 9.82. The minimum Gasteiger partial charge on any atom is -0.497 e. The molecule has 0 N–H and O–H groups in total. The fourth-order valence-corrected chi connectivity index (χ4v) is 3.79. The number of rotatable bonds is 9. The lowest BCUT2D eigenvalue weighted by Gasteiger charge is -2.20. The third kappa shape index (κ3) is 5.39. The Morgan fingerprint density at radius 2 is 1.74 bits per heavy atom. The largest absolute Gasteiger partial charge is 0.497 e. The summed E-state index contributed by atoms with van der Waals surface area (Å²) in [5, 5.41) is 0. The molecule has 0 aromatic heterocycles. The average molecular weight is 370 g/mol. The van der Waals surface area contributed by atoms with Crippen molar-refractivity contribution in [3.8, 4) is 17.2 Å². The zero-order valence-electron chi connectivity index (χ0n) is 16.7. The highest BCUT2D eigenvalue weighted by Crippen LogP contribution is 2.26. The van der Waals surface area contributed by atoms with E-state index in [1.165, 1.54) is 30.5 Å². The van der Waals surface area contributed by atoms with Crippen LogP contribution < -0.4 is 14.2 Å². The molecule has 0 saturated carbocycles. The maximum absolute atomic E-state index is 6.15. The number of nitrogens with zero attached hydrogens (tertiary/aromatic N) is 1. The van der Waals surface area contributed by atoms with E-state index in [1.54, 1.807) is 14.2 Å². The van der Waals surface area contributed by atoms with E-state index in [0.717, 1.165) is 43.1 Å². The van der Waals surface area contributed by atoms with E-state index in [2.05, 4.69) is 48.3 Å². The molecule has 0 unspecified atom stereocenters. The number of likely N-dealkylation sites (tertiary alicyclic amines) is 1. The van der Waals surface area contributed by atoms with Gasteiger partial charge in [-0.3, -0.25) is 0 Å². The van der Waals surface area contributed by atoms with Crippen LogP contribution in [0, 0.1) is 0 Å². The molecule has 4 nitrogen and oxygen atoms in total. The Kier molecular flexibility index (Phi) is 6.99. The minimum absolute atomic E-state index is 0.668. The number of hydrogen-bond donors (Lipinski definition) is 0. The molecule has 3 rings (SSSR count). The van der Waals surface area contributed by atoms with Crippen molar-refractivity contribution in [1.82, 2.24) is 4.90 Å². The van der Waals surface area contributed by atoms with Gasteiger partial charge in [0.15, 0.2) is 0 Å². The number of benzene rings is 2. The SMILES string of the molecule is COc1cc(CCc2ccccc2OCC[C@@H]2CCCN2C)cc(OC)c1. The Labute approximate surface area is 163 Å². The van der Waals surface area contributed by atoms with Gasteiger partial charge in [0.1, 0.15) is 17.2 Å². The van der Waals surface area contributed by atoms with Crippen LogP contribution in [0.5, 0.6) is 17.2 Å². The highest BCUT2D eigenvalue weighted by molar-refractivity contribution is 5.40. The molecule has 1 fully saturated rings. The van der Waals surface area contributed by atoms with Crippen molar-refractivity contribution in [2.24, 2.45) is 0 Å². The molecular weight excluding hydrogens is 338 g/mol. The van der Waals surface area contributed by atoms with Gasteiger partial charge in [-0.2, -0.15) is 0 Å². The first-order valence-corrected chi connectivity index (χ1v) is 9.82. The fourth-order valence-electron chi connectivity index (χ4n) is 3.79. The molecule has 1 aliphatic rings. The second kappa shape index (κ2) is 9.65. The predicted molar refractivity (Wildman–Crippen MR) is 109 cm³/mol. The van der Waals surface area contributed by atoms with Gasteiger partial charge in [0.2, 0.25) is 0 Å². The van der Waals surface area contributed by atoms with Gasteiger partial charge in [0.05, 0.1) is 20.8 Å². The molecule has 1 aliphatic heterocycles. The molecule has 4 heteroatoms. The van der Waals surface area contributed by atoms with Crippen LogP contribution in [-0.4, -0.2) is 45.4 Å². The first kappa shape index (κ1) is 19.6. The second-order valence-electron chi connectivity index (χ2n) is 7.24. The molecule has 0 radical (unpaired) electrons. The average Bonchev–Trinajstić information content (AvgIpc) is 3.11. The van der Waals surface area contributed by atoms with Gasteiger partial charge in [-0.1, -0.05) is 18.2 Å². The minimum atomic E-state index is 0.668. The molecular formula is C23H31NO3. The van der Waals surface area contributed by atoms with Gasteiger partial charge < -0.3 is 19.1 Å². The van der Waals surface area contributed by atoms with E-state index in [4.69, 9.17) is 14.2 Å². The van der Waals surface area contributed by atoms with Crippen LogP contribution in [0.25, 0.3) is 0 Å². The van der Waals surface area contributed by atoms with Crippen molar-refractivity contribution in [3.63, 3.8) is 0 Å². The standard InChI is InChI=1S/C23H31NO3/c1-24-13-6-8-20(24)12-14-27-23-9-5-4-7-19(23)11-10-18-15-21(25-2)17-22(16-18)26-3/h4-5,7,9,15-17,20H,6,8,10-14H2,1-3H3/t20-/m0/s1. The zero-order chi connectivity index (χ0) is 19.1. The summed E-state index contributed by atoms with van der Waals surface area (Å²) in [6, 6.07) is 15.1. The van der Waals surface area contributed by atoms with Crippen LogP contribution in [0.1, 0.15) is 30.4 Å². The molecule has 1 heterocycles. The van der Waals surface area contributed by atoms with Crippen LogP contribution in [-0.2, 0) is 12.8 Å².